The maximum Gasteiger partial charge on any atom is 0.174 e. The monoisotopic (exact) mass is 188 g/mol. The van der Waals surface area contributed by atoms with Crippen molar-refractivity contribution in [2.75, 3.05) is 13.7 Å². The van der Waals surface area contributed by atoms with Crippen LogP contribution in [-0.2, 0) is 0 Å². The molecule has 1 aromatic rings. The van der Waals surface area contributed by atoms with E-state index in [2.05, 4.69) is 0 Å². The van der Waals surface area contributed by atoms with Gasteiger partial charge in [-0.3, -0.25) is 0 Å². The summed E-state index contributed by atoms with van der Waals surface area (Å²) < 4.78 is 10.0. The Hall–Kier alpha value is -2.20. The fourth-order valence-electron chi connectivity index (χ4n) is 0.953. The number of rotatable bonds is 3. The molecule has 0 amide bonds. The first-order chi connectivity index (χ1) is 6.80. The number of nitrogens with zero attached hydrogens (tertiary/aromatic N) is 2. The third-order valence-corrected chi connectivity index (χ3v) is 1.55. The maximum atomic E-state index is 8.68. The maximum absolute atomic E-state index is 8.68. The van der Waals surface area contributed by atoms with Crippen LogP contribution in [0.1, 0.15) is 5.56 Å². The summed E-state index contributed by atoms with van der Waals surface area (Å²) in [5, 5.41) is 17.0. The molecule has 0 aliphatic rings. The molecule has 0 spiro atoms. The van der Waals surface area contributed by atoms with Crippen LogP contribution in [0.4, 0.5) is 0 Å². The zero-order valence-electron chi connectivity index (χ0n) is 7.65. The van der Waals surface area contributed by atoms with Gasteiger partial charge in [-0.25, -0.2) is 0 Å². The van der Waals surface area contributed by atoms with Gasteiger partial charge in [-0.05, 0) is 12.1 Å². The molecule has 1 rings (SSSR count). The average Bonchev–Trinajstić information content (AvgIpc) is 2.25. The molecular formula is C10H8N2O2. The largest absolute Gasteiger partial charge is 0.497 e. The molecule has 0 fully saturated rings. The first-order valence-corrected chi connectivity index (χ1v) is 3.89. The summed E-state index contributed by atoms with van der Waals surface area (Å²) in [4.78, 5) is 0. The lowest BCUT2D eigenvalue weighted by Crippen LogP contribution is -1.94. The Morgan fingerprint density at radius 2 is 1.93 bits per heavy atom. The Morgan fingerprint density at radius 3 is 2.50 bits per heavy atom. The molecule has 0 radical (unpaired) electrons. The minimum atomic E-state index is -0.0436. The second-order valence-electron chi connectivity index (χ2n) is 2.46. The van der Waals surface area contributed by atoms with Crippen molar-refractivity contribution in [1.82, 2.24) is 0 Å². The van der Waals surface area contributed by atoms with Gasteiger partial charge in [0.2, 0.25) is 0 Å². The standard InChI is InChI=1S/C10H8N2O2/c1-13-9-4-8(7-12)5-10(6-9)14-3-2-11/h4-6H,3H2,1H3. The van der Waals surface area contributed by atoms with E-state index in [4.69, 9.17) is 20.0 Å². The van der Waals surface area contributed by atoms with E-state index >= 15 is 0 Å². The SMILES string of the molecule is COc1cc(C#N)cc(OCC#N)c1. The number of hydrogen-bond acceptors (Lipinski definition) is 4. The molecule has 0 aliphatic heterocycles. The summed E-state index contributed by atoms with van der Waals surface area (Å²) in [7, 11) is 1.50. The van der Waals surface area contributed by atoms with Crippen LogP contribution in [0.15, 0.2) is 18.2 Å². The molecule has 0 aliphatic carbocycles. The van der Waals surface area contributed by atoms with Crippen LogP contribution in [-0.4, -0.2) is 13.7 Å². The predicted octanol–water partition coefficient (Wildman–Crippen LogP) is 1.47. The highest BCUT2D eigenvalue weighted by atomic mass is 16.5. The Kier molecular flexibility index (Phi) is 3.34. The van der Waals surface area contributed by atoms with E-state index in [1.807, 2.05) is 12.1 Å². The lowest BCUT2D eigenvalue weighted by Gasteiger charge is -2.04. The van der Waals surface area contributed by atoms with Gasteiger partial charge in [0.1, 0.15) is 17.6 Å². The third-order valence-electron chi connectivity index (χ3n) is 1.55. The summed E-state index contributed by atoms with van der Waals surface area (Å²) in [6, 6.07) is 8.60. The van der Waals surface area contributed by atoms with Gasteiger partial charge in [-0.2, -0.15) is 10.5 Å². The van der Waals surface area contributed by atoms with E-state index in [-0.39, 0.29) is 6.61 Å². The van der Waals surface area contributed by atoms with E-state index in [1.165, 1.54) is 7.11 Å². The highest BCUT2D eigenvalue weighted by Crippen LogP contribution is 2.21. The molecule has 0 atom stereocenters. The summed E-state index contributed by atoms with van der Waals surface area (Å²) >= 11 is 0. The zero-order chi connectivity index (χ0) is 10.4. The van der Waals surface area contributed by atoms with Crippen LogP contribution in [0.5, 0.6) is 11.5 Å². The summed E-state index contributed by atoms with van der Waals surface area (Å²) in [6.45, 7) is -0.0436. The van der Waals surface area contributed by atoms with Crippen molar-refractivity contribution in [1.29, 1.82) is 10.5 Å². The smallest absolute Gasteiger partial charge is 0.174 e. The fourth-order valence-corrected chi connectivity index (χ4v) is 0.953. The molecule has 0 aromatic heterocycles. The Morgan fingerprint density at radius 1 is 1.21 bits per heavy atom. The van der Waals surface area contributed by atoms with E-state index in [0.29, 0.717) is 17.1 Å². The summed E-state index contributed by atoms with van der Waals surface area (Å²) in [5.74, 6) is 0.999. The Labute approximate surface area is 81.9 Å². The van der Waals surface area contributed by atoms with Crippen molar-refractivity contribution >= 4 is 0 Å². The molecule has 14 heavy (non-hydrogen) atoms. The lowest BCUT2D eigenvalue weighted by molar-refractivity contribution is 0.361. The number of hydrogen-bond donors (Lipinski definition) is 0. The highest BCUT2D eigenvalue weighted by Gasteiger charge is 2.01. The van der Waals surface area contributed by atoms with Crippen molar-refractivity contribution in [2.24, 2.45) is 0 Å². The number of nitriles is 2. The van der Waals surface area contributed by atoms with Gasteiger partial charge in [0.05, 0.1) is 18.7 Å². The normalized spacial score (nSPS) is 8.50. The molecule has 4 nitrogen and oxygen atoms in total. The lowest BCUT2D eigenvalue weighted by atomic mass is 10.2. The van der Waals surface area contributed by atoms with E-state index in [1.54, 1.807) is 18.2 Å². The molecule has 0 saturated heterocycles. The van der Waals surface area contributed by atoms with Gasteiger partial charge in [-0.15, -0.1) is 0 Å². The fraction of sp³-hybridized carbons (Fsp3) is 0.200. The van der Waals surface area contributed by atoms with Crippen LogP contribution >= 0.6 is 0 Å². The third kappa shape index (κ3) is 2.40. The second kappa shape index (κ2) is 4.74. The van der Waals surface area contributed by atoms with Crippen LogP contribution in [0.25, 0.3) is 0 Å². The van der Waals surface area contributed by atoms with Gasteiger partial charge in [0.25, 0.3) is 0 Å². The number of benzene rings is 1. The molecule has 0 heterocycles. The molecule has 0 saturated carbocycles. The van der Waals surface area contributed by atoms with Crippen molar-refractivity contribution in [3.63, 3.8) is 0 Å². The van der Waals surface area contributed by atoms with Crippen LogP contribution in [0.2, 0.25) is 0 Å². The molecule has 70 valence electrons. The van der Waals surface area contributed by atoms with E-state index < -0.39 is 0 Å². The van der Waals surface area contributed by atoms with Crippen LogP contribution in [0.3, 0.4) is 0 Å². The molecule has 0 N–H and O–H groups in total. The zero-order valence-corrected chi connectivity index (χ0v) is 7.65. The molecule has 0 bridgehead atoms. The van der Waals surface area contributed by atoms with Gasteiger partial charge in [-0.1, -0.05) is 0 Å². The van der Waals surface area contributed by atoms with E-state index in [0.717, 1.165) is 0 Å². The summed E-state index contributed by atoms with van der Waals surface area (Å²) in [5.41, 5.74) is 0.442. The first-order valence-electron chi connectivity index (χ1n) is 3.89. The molecule has 0 unspecified atom stereocenters. The highest BCUT2D eigenvalue weighted by molar-refractivity contribution is 5.43. The topological polar surface area (TPSA) is 66.0 Å². The van der Waals surface area contributed by atoms with Gasteiger partial charge < -0.3 is 9.47 Å². The minimum absolute atomic E-state index is 0.0436. The summed E-state index contributed by atoms with van der Waals surface area (Å²) in [6.07, 6.45) is 0. The van der Waals surface area contributed by atoms with Gasteiger partial charge in [0, 0.05) is 6.07 Å². The van der Waals surface area contributed by atoms with Crippen molar-refractivity contribution in [3.8, 4) is 23.6 Å². The second-order valence-corrected chi connectivity index (χ2v) is 2.46. The quantitative estimate of drug-likeness (QED) is 0.720. The van der Waals surface area contributed by atoms with Gasteiger partial charge >= 0.3 is 0 Å². The average molecular weight is 188 g/mol. The van der Waals surface area contributed by atoms with Crippen molar-refractivity contribution < 1.29 is 9.47 Å². The minimum Gasteiger partial charge on any atom is -0.497 e. The Bertz CT molecular complexity index is 402. The van der Waals surface area contributed by atoms with Crippen LogP contribution in [0, 0.1) is 22.7 Å². The van der Waals surface area contributed by atoms with Crippen LogP contribution < -0.4 is 9.47 Å². The van der Waals surface area contributed by atoms with Gasteiger partial charge in [0.15, 0.2) is 6.61 Å². The van der Waals surface area contributed by atoms with E-state index in [9.17, 15) is 0 Å². The molecular weight excluding hydrogens is 180 g/mol. The first kappa shape index (κ1) is 9.88. The number of methoxy groups -OCH3 is 1. The van der Waals surface area contributed by atoms with Crippen molar-refractivity contribution in [2.45, 2.75) is 0 Å². The molecule has 1 aromatic carbocycles. The Balaban J connectivity index is 2.95. The predicted molar refractivity (Wildman–Crippen MR) is 48.8 cm³/mol. The number of ether oxygens (including phenoxy) is 2. The molecule has 4 heteroatoms. The van der Waals surface area contributed by atoms with Crippen molar-refractivity contribution in [3.05, 3.63) is 23.8 Å².